The first kappa shape index (κ1) is 9.21. The third-order valence-electron chi connectivity index (χ3n) is 2.30. The van der Waals surface area contributed by atoms with Crippen LogP contribution >= 0.6 is 11.3 Å². The van der Waals surface area contributed by atoms with Crippen molar-refractivity contribution in [2.45, 2.75) is 13.8 Å². The molecule has 0 unspecified atom stereocenters. The lowest BCUT2D eigenvalue weighted by Gasteiger charge is -1.95. The summed E-state index contributed by atoms with van der Waals surface area (Å²) in [7, 11) is 0. The lowest BCUT2D eigenvalue weighted by molar-refractivity contribution is 0.0699. The molecule has 1 aromatic carbocycles. The van der Waals surface area contributed by atoms with Gasteiger partial charge in [-0.1, -0.05) is 18.2 Å². The molecule has 2 aromatic rings. The van der Waals surface area contributed by atoms with Gasteiger partial charge in [-0.25, -0.2) is 4.79 Å². The highest BCUT2D eigenvalue weighted by atomic mass is 32.1. The van der Waals surface area contributed by atoms with E-state index in [-0.39, 0.29) is 0 Å². The minimum Gasteiger partial charge on any atom is -0.478 e. The van der Waals surface area contributed by atoms with Crippen molar-refractivity contribution in [2.24, 2.45) is 0 Å². The molecule has 0 spiro atoms. The zero-order valence-electron chi connectivity index (χ0n) is 8.00. The fourth-order valence-electron chi connectivity index (χ4n) is 1.64. The van der Waals surface area contributed by atoms with Crippen LogP contribution in [0.3, 0.4) is 0 Å². The van der Waals surface area contributed by atoms with Gasteiger partial charge in [0, 0.05) is 15.0 Å². The first-order valence-corrected chi connectivity index (χ1v) is 5.15. The number of rotatable bonds is 1. The summed E-state index contributed by atoms with van der Waals surface area (Å²) in [6.07, 6.45) is 0. The van der Waals surface area contributed by atoms with Gasteiger partial charge in [-0.2, -0.15) is 0 Å². The van der Waals surface area contributed by atoms with Crippen molar-refractivity contribution in [2.75, 3.05) is 0 Å². The van der Waals surface area contributed by atoms with Crippen molar-refractivity contribution in [1.29, 1.82) is 0 Å². The van der Waals surface area contributed by atoms with Crippen molar-refractivity contribution in [3.05, 3.63) is 34.2 Å². The van der Waals surface area contributed by atoms with Crippen LogP contribution in [0.15, 0.2) is 18.2 Å². The normalized spacial score (nSPS) is 10.7. The molecule has 0 aliphatic rings. The Morgan fingerprint density at radius 1 is 1.36 bits per heavy atom. The molecule has 1 N–H and O–H groups in total. The monoisotopic (exact) mass is 206 g/mol. The zero-order valence-corrected chi connectivity index (χ0v) is 8.81. The van der Waals surface area contributed by atoms with Gasteiger partial charge in [0.25, 0.3) is 0 Å². The number of hydrogen-bond acceptors (Lipinski definition) is 2. The lowest BCUT2D eigenvalue weighted by atomic mass is 10.1. The minimum atomic E-state index is -0.834. The maximum atomic E-state index is 11.0. The van der Waals surface area contributed by atoms with E-state index in [0.717, 1.165) is 20.5 Å². The van der Waals surface area contributed by atoms with Crippen LogP contribution in [0.25, 0.3) is 10.1 Å². The molecule has 0 radical (unpaired) electrons. The van der Waals surface area contributed by atoms with Gasteiger partial charge in [0.1, 0.15) is 0 Å². The molecule has 14 heavy (non-hydrogen) atoms. The molecule has 0 aliphatic carbocycles. The van der Waals surface area contributed by atoms with Gasteiger partial charge in [-0.3, -0.25) is 0 Å². The predicted molar refractivity (Wildman–Crippen MR) is 58.3 cm³/mol. The fourth-order valence-corrected chi connectivity index (χ4v) is 2.76. The van der Waals surface area contributed by atoms with Gasteiger partial charge in [-0.05, 0) is 19.4 Å². The Labute approximate surface area is 85.8 Å². The Balaban J connectivity index is 2.90. The minimum absolute atomic E-state index is 0.453. The SMILES string of the molecule is Cc1sc2c(C)cccc2c1C(=O)O. The highest BCUT2D eigenvalue weighted by Gasteiger charge is 2.15. The molecule has 0 amide bonds. The third-order valence-corrected chi connectivity index (χ3v) is 3.56. The van der Waals surface area contributed by atoms with Gasteiger partial charge < -0.3 is 5.11 Å². The molecule has 1 heterocycles. The highest BCUT2D eigenvalue weighted by Crippen LogP contribution is 2.32. The number of aryl methyl sites for hydroxylation is 2. The summed E-state index contributed by atoms with van der Waals surface area (Å²) in [5, 5.41) is 9.91. The number of carboxylic acid groups (broad SMARTS) is 1. The van der Waals surface area contributed by atoms with E-state index >= 15 is 0 Å². The van der Waals surface area contributed by atoms with Crippen molar-refractivity contribution >= 4 is 27.4 Å². The number of thiophene rings is 1. The van der Waals surface area contributed by atoms with Crippen molar-refractivity contribution in [3.8, 4) is 0 Å². The molecule has 3 heteroatoms. The zero-order chi connectivity index (χ0) is 10.3. The number of carboxylic acids is 1. The molecule has 0 saturated carbocycles. The van der Waals surface area contributed by atoms with Crippen molar-refractivity contribution < 1.29 is 9.90 Å². The molecular formula is C11H10O2S. The van der Waals surface area contributed by atoms with Crippen LogP contribution in [0.4, 0.5) is 0 Å². The fraction of sp³-hybridized carbons (Fsp3) is 0.182. The van der Waals surface area contributed by atoms with E-state index in [9.17, 15) is 4.79 Å². The van der Waals surface area contributed by atoms with E-state index in [2.05, 4.69) is 0 Å². The second-order valence-electron chi connectivity index (χ2n) is 3.29. The lowest BCUT2D eigenvalue weighted by Crippen LogP contribution is -1.96. The van der Waals surface area contributed by atoms with E-state index in [4.69, 9.17) is 5.11 Å². The maximum Gasteiger partial charge on any atom is 0.337 e. The van der Waals surface area contributed by atoms with Gasteiger partial charge >= 0.3 is 5.97 Å². The van der Waals surface area contributed by atoms with Crippen molar-refractivity contribution in [3.63, 3.8) is 0 Å². The third kappa shape index (κ3) is 1.21. The van der Waals surface area contributed by atoms with Crippen LogP contribution in [-0.4, -0.2) is 11.1 Å². The summed E-state index contributed by atoms with van der Waals surface area (Å²) < 4.78 is 1.09. The van der Waals surface area contributed by atoms with E-state index in [0.29, 0.717) is 5.56 Å². The molecule has 0 atom stereocenters. The summed E-state index contributed by atoms with van der Waals surface area (Å²) in [4.78, 5) is 11.9. The summed E-state index contributed by atoms with van der Waals surface area (Å²) in [5.74, 6) is -0.834. The Bertz CT molecular complexity index is 511. The summed E-state index contributed by atoms with van der Waals surface area (Å²) in [6, 6.07) is 5.77. The average molecular weight is 206 g/mol. The van der Waals surface area contributed by atoms with Gasteiger partial charge in [0.2, 0.25) is 0 Å². The van der Waals surface area contributed by atoms with Crippen LogP contribution in [0, 0.1) is 13.8 Å². The molecule has 0 aliphatic heterocycles. The highest BCUT2D eigenvalue weighted by molar-refractivity contribution is 7.19. The topological polar surface area (TPSA) is 37.3 Å². The Hall–Kier alpha value is -1.35. The molecule has 0 fully saturated rings. The van der Waals surface area contributed by atoms with Gasteiger partial charge in [0.15, 0.2) is 0 Å². The standard InChI is InChI=1S/C11H10O2S/c1-6-4-3-5-8-9(11(12)13)7(2)14-10(6)8/h3-5H,1-2H3,(H,12,13). The molecule has 0 bridgehead atoms. The number of fused-ring (bicyclic) bond motifs is 1. The first-order valence-electron chi connectivity index (χ1n) is 4.33. The predicted octanol–water partition coefficient (Wildman–Crippen LogP) is 3.22. The van der Waals surface area contributed by atoms with Gasteiger partial charge in [-0.15, -0.1) is 11.3 Å². The molecule has 2 rings (SSSR count). The maximum absolute atomic E-state index is 11.0. The van der Waals surface area contributed by atoms with Crippen LogP contribution in [0.1, 0.15) is 20.8 Å². The Morgan fingerprint density at radius 2 is 2.07 bits per heavy atom. The molecule has 2 nitrogen and oxygen atoms in total. The second-order valence-corrected chi connectivity index (χ2v) is 4.51. The number of benzene rings is 1. The van der Waals surface area contributed by atoms with Gasteiger partial charge in [0.05, 0.1) is 5.56 Å². The van der Waals surface area contributed by atoms with E-state index < -0.39 is 5.97 Å². The quantitative estimate of drug-likeness (QED) is 0.777. The molecular weight excluding hydrogens is 196 g/mol. The molecule has 1 aromatic heterocycles. The Kier molecular flexibility index (Phi) is 2.04. The Morgan fingerprint density at radius 3 is 2.71 bits per heavy atom. The summed E-state index contributed by atoms with van der Waals surface area (Å²) in [6.45, 7) is 3.86. The smallest absolute Gasteiger partial charge is 0.337 e. The molecule has 72 valence electrons. The van der Waals surface area contributed by atoms with Crippen LogP contribution in [-0.2, 0) is 0 Å². The van der Waals surface area contributed by atoms with E-state index in [1.807, 2.05) is 32.0 Å². The number of aromatic carboxylic acids is 1. The number of hydrogen-bond donors (Lipinski definition) is 1. The second kappa shape index (κ2) is 3.10. The number of carbonyl (C=O) groups is 1. The first-order chi connectivity index (χ1) is 6.61. The average Bonchev–Trinajstić information content (AvgIpc) is 2.42. The summed E-state index contributed by atoms with van der Waals surface area (Å²) in [5.41, 5.74) is 1.59. The largest absolute Gasteiger partial charge is 0.478 e. The molecule has 0 saturated heterocycles. The van der Waals surface area contributed by atoms with Crippen LogP contribution in [0.2, 0.25) is 0 Å². The summed E-state index contributed by atoms with van der Waals surface area (Å²) >= 11 is 1.55. The van der Waals surface area contributed by atoms with Crippen LogP contribution in [0.5, 0.6) is 0 Å². The van der Waals surface area contributed by atoms with Crippen LogP contribution < -0.4 is 0 Å². The van der Waals surface area contributed by atoms with E-state index in [1.165, 1.54) is 0 Å². The van der Waals surface area contributed by atoms with Crippen molar-refractivity contribution in [1.82, 2.24) is 0 Å². The van der Waals surface area contributed by atoms with E-state index in [1.54, 1.807) is 11.3 Å².